The molecule has 0 amide bonds. The van der Waals surface area contributed by atoms with Gasteiger partial charge in [0.2, 0.25) is 0 Å². The number of para-hydroxylation sites is 1. The van der Waals surface area contributed by atoms with Gasteiger partial charge in [0.1, 0.15) is 13.2 Å². The van der Waals surface area contributed by atoms with E-state index in [9.17, 15) is 9.59 Å². The van der Waals surface area contributed by atoms with Crippen molar-refractivity contribution in [3.63, 3.8) is 0 Å². The maximum atomic E-state index is 11.8. The Bertz CT molecular complexity index is 1130. The van der Waals surface area contributed by atoms with Gasteiger partial charge in [-0.15, -0.1) is 0 Å². The molecule has 0 aromatic heterocycles. The maximum absolute atomic E-state index is 11.8. The largest absolute Gasteiger partial charge is 0.459 e. The van der Waals surface area contributed by atoms with Gasteiger partial charge in [-0.1, -0.05) is 50.8 Å². The number of fused-ring (bicyclic) bond motifs is 1. The van der Waals surface area contributed by atoms with E-state index in [4.69, 9.17) is 9.47 Å². The normalized spacial score (nSPS) is 15.4. The van der Waals surface area contributed by atoms with E-state index in [0.717, 1.165) is 22.6 Å². The first-order chi connectivity index (χ1) is 15.8. The number of esters is 2. The van der Waals surface area contributed by atoms with Gasteiger partial charge in [-0.25, -0.2) is 9.59 Å². The number of benzene rings is 2. The number of hydrogen-bond donors (Lipinski definition) is 1. The Morgan fingerprint density at radius 1 is 1.06 bits per heavy atom. The number of carbonyl (C=O) groups excluding carboxylic acids is 2. The van der Waals surface area contributed by atoms with Crippen LogP contribution in [0.3, 0.4) is 0 Å². The van der Waals surface area contributed by atoms with Crippen molar-refractivity contribution in [2.24, 2.45) is 4.99 Å². The highest BCUT2D eigenvalue weighted by molar-refractivity contribution is 5.88. The highest BCUT2D eigenvalue weighted by Gasteiger charge is 2.33. The van der Waals surface area contributed by atoms with Gasteiger partial charge >= 0.3 is 11.9 Å². The number of carbonyl (C=O) groups is 2. The summed E-state index contributed by atoms with van der Waals surface area (Å²) >= 11 is 0. The van der Waals surface area contributed by atoms with Crippen LogP contribution in [0.25, 0.3) is 6.08 Å². The second-order valence-electron chi connectivity index (χ2n) is 8.16. The molecule has 0 aliphatic carbocycles. The van der Waals surface area contributed by atoms with E-state index in [1.165, 1.54) is 11.6 Å². The first-order valence-electron chi connectivity index (χ1n) is 10.7. The number of anilines is 1. The molecule has 0 radical (unpaired) electrons. The van der Waals surface area contributed by atoms with E-state index in [-0.39, 0.29) is 18.6 Å². The molecule has 170 valence electrons. The predicted octanol–water partition coefficient (Wildman–Crippen LogP) is 5.35. The number of rotatable bonds is 8. The summed E-state index contributed by atoms with van der Waals surface area (Å²) in [5, 5.41) is 3.46. The van der Waals surface area contributed by atoms with Crippen molar-refractivity contribution in [1.82, 2.24) is 0 Å². The molecule has 33 heavy (non-hydrogen) atoms. The fraction of sp³-hybridized carbons (Fsp3) is 0.222. The summed E-state index contributed by atoms with van der Waals surface area (Å²) in [4.78, 5) is 27.5. The lowest BCUT2D eigenvalue weighted by molar-refractivity contribution is -0.146. The Labute approximate surface area is 194 Å². The smallest absolute Gasteiger partial charge is 0.333 e. The Morgan fingerprint density at radius 3 is 2.45 bits per heavy atom. The summed E-state index contributed by atoms with van der Waals surface area (Å²) < 4.78 is 9.85. The molecule has 3 rings (SSSR count). The van der Waals surface area contributed by atoms with Crippen LogP contribution in [-0.2, 0) is 24.5 Å². The fourth-order valence-electron chi connectivity index (χ4n) is 3.32. The standard InChI is InChI=1S/C27H28N2O4/c1-19(2)26(31)33-18-17-32-25(30)14-11-20-9-12-21(13-10-20)28-16-15-24-27(3,4)22-7-5-6-8-23(22)29-24/h5-16,29H,1,17-18H2,2-4H3/b14-11+,24-15?,28-16?. The van der Waals surface area contributed by atoms with Gasteiger partial charge in [0, 0.05) is 34.7 Å². The summed E-state index contributed by atoms with van der Waals surface area (Å²) in [6.07, 6.45) is 6.77. The molecular formula is C27H28N2O4. The topological polar surface area (TPSA) is 77.0 Å². The monoisotopic (exact) mass is 444 g/mol. The van der Waals surface area contributed by atoms with Crippen molar-refractivity contribution in [1.29, 1.82) is 0 Å². The molecule has 0 saturated carbocycles. The Kier molecular flexibility index (Phi) is 7.61. The van der Waals surface area contributed by atoms with Crippen molar-refractivity contribution in [2.75, 3.05) is 18.5 Å². The van der Waals surface area contributed by atoms with E-state index in [1.54, 1.807) is 19.2 Å². The first-order valence-corrected chi connectivity index (χ1v) is 10.7. The van der Waals surface area contributed by atoms with Crippen molar-refractivity contribution in [3.8, 4) is 0 Å². The molecule has 1 heterocycles. The molecular weight excluding hydrogens is 416 g/mol. The minimum Gasteiger partial charge on any atom is -0.459 e. The third-order valence-electron chi connectivity index (χ3n) is 5.22. The zero-order valence-corrected chi connectivity index (χ0v) is 19.1. The van der Waals surface area contributed by atoms with Crippen LogP contribution in [0.5, 0.6) is 0 Å². The first kappa shape index (κ1) is 23.7. The number of allylic oxidation sites excluding steroid dienone is 2. The third-order valence-corrected chi connectivity index (χ3v) is 5.22. The summed E-state index contributed by atoms with van der Waals surface area (Å²) in [5.74, 6) is -1.02. The van der Waals surface area contributed by atoms with Crippen LogP contribution in [0.2, 0.25) is 0 Å². The molecule has 0 bridgehead atoms. The van der Waals surface area contributed by atoms with E-state index in [1.807, 2.05) is 36.4 Å². The van der Waals surface area contributed by atoms with Crippen LogP contribution in [0.4, 0.5) is 11.4 Å². The summed E-state index contributed by atoms with van der Waals surface area (Å²) in [7, 11) is 0. The van der Waals surface area contributed by atoms with Crippen molar-refractivity contribution >= 4 is 35.6 Å². The highest BCUT2D eigenvalue weighted by Crippen LogP contribution is 2.42. The Morgan fingerprint density at radius 2 is 1.76 bits per heavy atom. The molecule has 0 spiro atoms. The Balaban J connectivity index is 1.50. The van der Waals surface area contributed by atoms with E-state index < -0.39 is 11.9 Å². The molecule has 6 nitrogen and oxygen atoms in total. The average molecular weight is 445 g/mol. The maximum Gasteiger partial charge on any atom is 0.333 e. The van der Waals surface area contributed by atoms with Crippen LogP contribution in [0.1, 0.15) is 31.9 Å². The lowest BCUT2D eigenvalue weighted by Crippen LogP contribution is -2.17. The van der Waals surface area contributed by atoms with Gasteiger partial charge < -0.3 is 14.8 Å². The summed E-state index contributed by atoms with van der Waals surface area (Å²) in [5.41, 5.74) is 5.34. The van der Waals surface area contributed by atoms with E-state index in [2.05, 4.69) is 48.9 Å². The second kappa shape index (κ2) is 10.6. The van der Waals surface area contributed by atoms with Crippen molar-refractivity contribution in [3.05, 3.63) is 89.7 Å². The Hall–Kier alpha value is -3.93. The minimum atomic E-state index is -0.511. The number of nitrogens with zero attached hydrogens (tertiary/aromatic N) is 1. The zero-order valence-electron chi connectivity index (χ0n) is 19.1. The number of aliphatic imine (C=N–C) groups is 1. The minimum absolute atomic E-state index is 0.00702. The number of nitrogens with one attached hydrogen (secondary N) is 1. The van der Waals surface area contributed by atoms with Gasteiger partial charge in [0.05, 0.1) is 5.69 Å². The average Bonchev–Trinajstić information content (AvgIpc) is 3.06. The van der Waals surface area contributed by atoms with Gasteiger partial charge in [0.15, 0.2) is 0 Å². The molecule has 1 N–H and O–H groups in total. The second-order valence-corrected chi connectivity index (χ2v) is 8.16. The summed E-state index contributed by atoms with van der Waals surface area (Å²) in [6, 6.07) is 15.8. The van der Waals surface area contributed by atoms with E-state index >= 15 is 0 Å². The van der Waals surface area contributed by atoms with E-state index in [0.29, 0.717) is 5.57 Å². The van der Waals surface area contributed by atoms with Gasteiger partial charge in [0.25, 0.3) is 0 Å². The highest BCUT2D eigenvalue weighted by atomic mass is 16.6. The lowest BCUT2D eigenvalue weighted by atomic mass is 9.84. The molecule has 1 aliphatic heterocycles. The molecule has 0 saturated heterocycles. The van der Waals surface area contributed by atoms with Crippen LogP contribution in [0.15, 0.2) is 83.5 Å². The lowest BCUT2D eigenvalue weighted by Gasteiger charge is -2.19. The van der Waals surface area contributed by atoms with Gasteiger partial charge in [-0.3, -0.25) is 4.99 Å². The number of ether oxygens (including phenoxy) is 2. The van der Waals surface area contributed by atoms with Crippen molar-refractivity contribution < 1.29 is 19.1 Å². The molecule has 2 aromatic rings. The fourth-order valence-corrected chi connectivity index (χ4v) is 3.32. The molecule has 2 aromatic carbocycles. The molecule has 6 heteroatoms. The van der Waals surface area contributed by atoms with Gasteiger partial charge in [-0.05, 0) is 48.4 Å². The zero-order chi connectivity index (χ0) is 23.8. The quantitative estimate of drug-likeness (QED) is 0.257. The third kappa shape index (κ3) is 6.29. The number of hydrogen-bond acceptors (Lipinski definition) is 6. The van der Waals surface area contributed by atoms with Crippen LogP contribution >= 0.6 is 0 Å². The molecule has 0 fully saturated rings. The van der Waals surface area contributed by atoms with Crippen molar-refractivity contribution in [2.45, 2.75) is 26.2 Å². The van der Waals surface area contributed by atoms with Crippen LogP contribution in [0, 0.1) is 0 Å². The predicted molar refractivity (Wildman–Crippen MR) is 132 cm³/mol. The van der Waals surface area contributed by atoms with Crippen LogP contribution < -0.4 is 5.32 Å². The molecule has 0 unspecified atom stereocenters. The van der Waals surface area contributed by atoms with Gasteiger partial charge in [-0.2, -0.15) is 0 Å². The summed E-state index contributed by atoms with van der Waals surface area (Å²) in [6.45, 7) is 9.39. The molecule has 0 atom stereocenters. The van der Waals surface area contributed by atoms with Crippen LogP contribution in [-0.4, -0.2) is 31.4 Å². The molecule has 1 aliphatic rings. The SMILES string of the molecule is C=C(C)C(=O)OCCOC(=O)/C=C/c1ccc(N=CC=C2Nc3ccccc3C2(C)C)cc1.